The third-order valence-corrected chi connectivity index (χ3v) is 3.64. The van der Waals surface area contributed by atoms with Crippen LogP contribution in [-0.2, 0) is 24.2 Å². The van der Waals surface area contributed by atoms with E-state index in [1.807, 2.05) is 20.8 Å². The van der Waals surface area contributed by atoms with Gasteiger partial charge >= 0.3 is 6.09 Å². The Labute approximate surface area is 122 Å². The van der Waals surface area contributed by atoms with Gasteiger partial charge in [-0.2, -0.15) is 0 Å². The number of hydrogen-bond donors (Lipinski definition) is 0. The molecule has 0 unspecified atom stereocenters. The molecule has 106 valence electrons. The van der Waals surface area contributed by atoms with E-state index < -0.39 is 5.60 Å². The lowest BCUT2D eigenvalue weighted by Crippen LogP contribution is -2.41. The lowest BCUT2D eigenvalue weighted by molar-refractivity contribution is 0.0197. The second-order valence-corrected chi connectivity index (χ2v) is 6.42. The molecule has 6 heteroatoms. The van der Waals surface area contributed by atoms with Gasteiger partial charge in [-0.1, -0.05) is 6.92 Å². The number of amides is 1. The fourth-order valence-corrected chi connectivity index (χ4v) is 2.70. The van der Waals surface area contributed by atoms with Crippen molar-refractivity contribution < 1.29 is 9.53 Å². The molecule has 1 aromatic heterocycles. The van der Waals surface area contributed by atoms with Crippen molar-refractivity contribution in [1.29, 1.82) is 0 Å². The van der Waals surface area contributed by atoms with Gasteiger partial charge in [0.05, 0.1) is 12.2 Å². The molecule has 19 heavy (non-hydrogen) atoms. The maximum atomic E-state index is 12.1. The number of fused-ring (bicyclic) bond motifs is 1. The van der Waals surface area contributed by atoms with Crippen molar-refractivity contribution in [3.63, 3.8) is 0 Å². The summed E-state index contributed by atoms with van der Waals surface area (Å²) in [6, 6.07) is 0. The van der Waals surface area contributed by atoms with Gasteiger partial charge in [0.15, 0.2) is 0 Å². The summed E-state index contributed by atoms with van der Waals surface area (Å²) in [5.41, 5.74) is 0.592. The van der Waals surface area contributed by atoms with Crippen LogP contribution in [0, 0.1) is 0 Å². The molecule has 0 saturated carbocycles. The first-order chi connectivity index (χ1) is 8.81. The average molecular weight is 330 g/mol. The minimum absolute atomic E-state index is 0.259. The molecule has 0 aromatic carbocycles. The van der Waals surface area contributed by atoms with Crippen LogP contribution in [-0.4, -0.2) is 32.7 Å². The van der Waals surface area contributed by atoms with E-state index in [9.17, 15) is 4.79 Å². The molecule has 0 radical (unpaired) electrons. The van der Waals surface area contributed by atoms with Gasteiger partial charge in [-0.05, 0) is 36.7 Å². The van der Waals surface area contributed by atoms with Crippen molar-refractivity contribution in [3.05, 3.63) is 16.1 Å². The van der Waals surface area contributed by atoms with E-state index in [-0.39, 0.29) is 6.09 Å². The van der Waals surface area contributed by atoms with Gasteiger partial charge in [-0.25, -0.2) is 9.78 Å². The number of carbonyl (C=O) groups excluding carboxylic acids is 1. The van der Waals surface area contributed by atoms with Crippen molar-refractivity contribution in [2.45, 2.75) is 52.8 Å². The molecule has 2 rings (SSSR count). The number of rotatable bonds is 1. The van der Waals surface area contributed by atoms with Crippen LogP contribution in [0.2, 0.25) is 0 Å². The summed E-state index contributed by atoms with van der Waals surface area (Å²) in [6.45, 7) is 9.71. The van der Waals surface area contributed by atoms with Gasteiger partial charge in [0, 0.05) is 19.5 Å². The van der Waals surface area contributed by atoms with Crippen molar-refractivity contribution in [2.75, 3.05) is 6.54 Å². The number of imidazole rings is 1. The Bertz CT molecular complexity index is 491. The topological polar surface area (TPSA) is 47.4 Å². The van der Waals surface area contributed by atoms with Crippen molar-refractivity contribution in [1.82, 2.24) is 14.5 Å². The number of ether oxygens (including phenoxy) is 1. The SMILES string of the molecule is CCc1nc(Br)c2n1CCN(C(=O)OC(C)(C)C)C2. The highest BCUT2D eigenvalue weighted by molar-refractivity contribution is 9.10. The fraction of sp³-hybridized carbons (Fsp3) is 0.692. The summed E-state index contributed by atoms with van der Waals surface area (Å²) in [4.78, 5) is 18.3. The summed E-state index contributed by atoms with van der Waals surface area (Å²) in [7, 11) is 0. The van der Waals surface area contributed by atoms with Gasteiger partial charge in [0.2, 0.25) is 0 Å². The number of carbonyl (C=O) groups is 1. The number of aromatic nitrogens is 2. The van der Waals surface area contributed by atoms with Crippen LogP contribution in [0.3, 0.4) is 0 Å². The Morgan fingerprint density at radius 3 is 2.68 bits per heavy atom. The largest absolute Gasteiger partial charge is 0.444 e. The Morgan fingerprint density at radius 2 is 2.11 bits per heavy atom. The van der Waals surface area contributed by atoms with E-state index >= 15 is 0 Å². The second-order valence-electron chi connectivity index (χ2n) is 5.67. The zero-order chi connectivity index (χ0) is 14.2. The Morgan fingerprint density at radius 1 is 1.42 bits per heavy atom. The van der Waals surface area contributed by atoms with E-state index in [1.54, 1.807) is 4.90 Å². The molecule has 1 aliphatic heterocycles. The van der Waals surface area contributed by atoms with E-state index in [0.717, 1.165) is 29.1 Å². The number of aryl methyl sites for hydroxylation is 1. The molecular weight excluding hydrogens is 310 g/mol. The van der Waals surface area contributed by atoms with Crippen LogP contribution in [0.5, 0.6) is 0 Å². The van der Waals surface area contributed by atoms with Gasteiger partial charge in [-0.3, -0.25) is 0 Å². The average Bonchev–Trinajstić information content (AvgIpc) is 2.63. The van der Waals surface area contributed by atoms with Crippen molar-refractivity contribution in [3.8, 4) is 0 Å². The minimum Gasteiger partial charge on any atom is -0.444 e. The monoisotopic (exact) mass is 329 g/mol. The van der Waals surface area contributed by atoms with E-state index in [2.05, 4.69) is 32.4 Å². The summed E-state index contributed by atoms with van der Waals surface area (Å²) < 4.78 is 8.42. The second kappa shape index (κ2) is 5.15. The number of nitrogens with zero attached hydrogens (tertiary/aromatic N) is 3. The first-order valence-corrected chi connectivity index (χ1v) is 7.33. The molecular formula is C13H20BrN3O2. The molecule has 1 aromatic rings. The van der Waals surface area contributed by atoms with Crippen molar-refractivity contribution >= 4 is 22.0 Å². The highest BCUT2D eigenvalue weighted by Gasteiger charge is 2.28. The van der Waals surface area contributed by atoms with E-state index in [0.29, 0.717) is 13.1 Å². The Balaban J connectivity index is 2.14. The van der Waals surface area contributed by atoms with Crippen molar-refractivity contribution in [2.24, 2.45) is 0 Å². The fourth-order valence-electron chi connectivity index (χ4n) is 2.15. The van der Waals surface area contributed by atoms with Gasteiger partial charge < -0.3 is 14.2 Å². The van der Waals surface area contributed by atoms with E-state index in [4.69, 9.17) is 4.74 Å². The molecule has 0 spiro atoms. The predicted molar refractivity (Wildman–Crippen MR) is 75.9 cm³/mol. The summed E-state index contributed by atoms with van der Waals surface area (Å²) >= 11 is 3.47. The first-order valence-electron chi connectivity index (χ1n) is 6.53. The maximum Gasteiger partial charge on any atom is 0.410 e. The zero-order valence-corrected chi connectivity index (χ0v) is 13.5. The molecule has 0 saturated heterocycles. The molecule has 0 aliphatic carbocycles. The third-order valence-electron chi connectivity index (χ3n) is 3.00. The van der Waals surface area contributed by atoms with Gasteiger partial charge in [-0.15, -0.1) is 0 Å². The molecule has 1 amide bonds. The predicted octanol–water partition coefficient (Wildman–Crippen LogP) is 2.96. The summed E-state index contributed by atoms with van der Waals surface area (Å²) in [5, 5.41) is 0. The molecule has 0 bridgehead atoms. The molecule has 0 fully saturated rings. The number of halogens is 1. The van der Waals surface area contributed by atoms with Crippen LogP contribution >= 0.6 is 15.9 Å². The Kier molecular flexibility index (Phi) is 3.90. The summed E-state index contributed by atoms with van der Waals surface area (Å²) in [6.07, 6.45) is 0.635. The van der Waals surface area contributed by atoms with Crippen LogP contribution in [0.25, 0.3) is 0 Å². The van der Waals surface area contributed by atoms with Gasteiger partial charge in [0.1, 0.15) is 16.0 Å². The molecule has 2 heterocycles. The van der Waals surface area contributed by atoms with Crippen LogP contribution in [0.1, 0.15) is 39.2 Å². The zero-order valence-electron chi connectivity index (χ0n) is 11.9. The minimum atomic E-state index is -0.458. The smallest absolute Gasteiger partial charge is 0.410 e. The maximum absolute atomic E-state index is 12.1. The standard InChI is InChI=1S/C13H20BrN3O2/c1-5-10-15-11(14)9-8-16(6-7-17(9)10)12(18)19-13(2,3)4/h5-8H2,1-4H3. The first kappa shape index (κ1) is 14.4. The third kappa shape index (κ3) is 3.11. The van der Waals surface area contributed by atoms with Gasteiger partial charge in [0.25, 0.3) is 0 Å². The molecule has 0 atom stereocenters. The molecule has 1 aliphatic rings. The van der Waals surface area contributed by atoms with Crippen LogP contribution in [0.4, 0.5) is 4.79 Å². The van der Waals surface area contributed by atoms with Crippen LogP contribution < -0.4 is 0 Å². The van der Waals surface area contributed by atoms with E-state index in [1.165, 1.54) is 0 Å². The molecule has 5 nitrogen and oxygen atoms in total. The normalized spacial score (nSPS) is 15.3. The summed E-state index contributed by atoms with van der Waals surface area (Å²) in [5.74, 6) is 1.06. The lowest BCUT2D eigenvalue weighted by Gasteiger charge is -2.31. The highest BCUT2D eigenvalue weighted by Crippen LogP contribution is 2.24. The quantitative estimate of drug-likeness (QED) is 0.795. The van der Waals surface area contributed by atoms with Crippen LogP contribution in [0.15, 0.2) is 4.60 Å². The molecule has 0 N–H and O–H groups in total. The Hall–Kier alpha value is -1.04. The lowest BCUT2D eigenvalue weighted by atomic mass is 10.2. The number of hydrogen-bond acceptors (Lipinski definition) is 3. The highest BCUT2D eigenvalue weighted by atomic mass is 79.9.